The van der Waals surface area contributed by atoms with E-state index in [9.17, 15) is 4.79 Å². The van der Waals surface area contributed by atoms with Crippen molar-refractivity contribution in [1.82, 2.24) is 4.90 Å². The van der Waals surface area contributed by atoms with Gasteiger partial charge in [0.15, 0.2) is 0 Å². The first-order valence-electron chi connectivity index (χ1n) is 5.62. The summed E-state index contributed by atoms with van der Waals surface area (Å²) < 4.78 is 0. The second-order valence-corrected chi connectivity index (χ2v) is 4.13. The third-order valence-corrected chi connectivity index (χ3v) is 3.00. The van der Waals surface area contributed by atoms with E-state index < -0.39 is 0 Å². The number of nitrogens with two attached hydrogens (primary N) is 1. The van der Waals surface area contributed by atoms with Gasteiger partial charge in [-0.2, -0.15) is 5.26 Å². The first-order valence-corrected chi connectivity index (χ1v) is 5.62. The molecule has 0 spiro atoms. The number of unbranched alkanes of at least 4 members (excludes halogenated alkanes) is 2. The zero-order valence-electron chi connectivity index (χ0n) is 9.11. The standard InChI is InChI=1S/C11H19N3O/c12-6-2-1-3-7-14-8-4-10(5-9-14)11(13)15/h10H,1-5,7-9H2,(H2,13,15). The summed E-state index contributed by atoms with van der Waals surface area (Å²) in [6.07, 6.45) is 4.50. The molecule has 15 heavy (non-hydrogen) atoms. The van der Waals surface area contributed by atoms with E-state index in [-0.39, 0.29) is 11.8 Å². The molecule has 1 saturated heterocycles. The SMILES string of the molecule is N#CCCCCN1CCC(C(N)=O)CC1. The van der Waals surface area contributed by atoms with Crippen molar-refractivity contribution in [3.8, 4) is 6.07 Å². The van der Waals surface area contributed by atoms with E-state index in [0.717, 1.165) is 45.3 Å². The van der Waals surface area contributed by atoms with Crippen molar-refractivity contribution >= 4 is 5.91 Å². The minimum Gasteiger partial charge on any atom is -0.369 e. The molecule has 0 aromatic rings. The maximum absolute atomic E-state index is 10.9. The molecule has 84 valence electrons. The largest absolute Gasteiger partial charge is 0.369 e. The lowest BCUT2D eigenvalue weighted by molar-refractivity contribution is -0.123. The lowest BCUT2D eigenvalue weighted by Gasteiger charge is -2.30. The molecule has 0 aliphatic carbocycles. The van der Waals surface area contributed by atoms with Gasteiger partial charge in [-0.25, -0.2) is 0 Å². The Kier molecular flexibility index (Phi) is 5.13. The highest BCUT2D eigenvalue weighted by atomic mass is 16.1. The van der Waals surface area contributed by atoms with E-state index in [2.05, 4.69) is 11.0 Å². The molecule has 1 aliphatic heterocycles. The van der Waals surface area contributed by atoms with Crippen molar-refractivity contribution in [2.45, 2.75) is 32.1 Å². The summed E-state index contributed by atoms with van der Waals surface area (Å²) in [4.78, 5) is 13.3. The monoisotopic (exact) mass is 209 g/mol. The Balaban J connectivity index is 2.10. The van der Waals surface area contributed by atoms with Crippen LogP contribution in [-0.4, -0.2) is 30.4 Å². The number of amides is 1. The van der Waals surface area contributed by atoms with Gasteiger partial charge in [0.05, 0.1) is 6.07 Å². The Labute approximate surface area is 91.0 Å². The zero-order valence-corrected chi connectivity index (χ0v) is 9.11. The predicted octanol–water partition coefficient (Wildman–Crippen LogP) is 0.878. The quantitative estimate of drug-likeness (QED) is 0.683. The number of rotatable bonds is 5. The van der Waals surface area contributed by atoms with E-state index in [0.29, 0.717) is 6.42 Å². The van der Waals surface area contributed by atoms with Gasteiger partial charge in [0.25, 0.3) is 0 Å². The third-order valence-electron chi connectivity index (χ3n) is 3.00. The zero-order chi connectivity index (χ0) is 11.1. The number of nitriles is 1. The Morgan fingerprint density at radius 3 is 2.60 bits per heavy atom. The molecule has 0 atom stereocenters. The third kappa shape index (κ3) is 4.30. The number of nitrogens with zero attached hydrogens (tertiary/aromatic N) is 2. The van der Waals surface area contributed by atoms with E-state index >= 15 is 0 Å². The van der Waals surface area contributed by atoms with Gasteiger partial charge in [-0.1, -0.05) is 0 Å². The summed E-state index contributed by atoms with van der Waals surface area (Å²) in [5.41, 5.74) is 5.26. The van der Waals surface area contributed by atoms with Crippen LogP contribution >= 0.6 is 0 Å². The topological polar surface area (TPSA) is 70.1 Å². The molecule has 4 heteroatoms. The van der Waals surface area contributed by atoms with Crippen molar-refractivity contribution in [3.63, 3.8) is 0 Å². The molecule has 0 radical (unpaired) electrons. The van der Waals surface area contributed by atoms with Crippen LogP contribution in [0.1, 0.15) is 32.1 Å². The number of hydrogen-bond acceptors (Lipinski definition) is 3. The van der Waals surface area contributed by atoms with Gasteiger partial charge in [-0.3, -0.25) is 4.79 Å². The van der Waals surface area contributed by atoms with Crippen LogP contribution in [0.4, 0.5) is 0 Å². The summed E-state index contributed by atoms with van der Waals surface area (Å²) in [5.74, 6) is -0.0699. The lowest BCUT2D eigenvalue weighted by Crippen LogP contribution is -2.38. The summed E-state index contributed by atoms with van der Waals surface area (Å²) in [6, 6.07) is 2.15. The first kappa shape index (κ1) is 12.0. The fourth-order valence-electron chi connectivity index (χ4n) is 1.98. The van der Waals surface area contributed by atoms with Crippen LogP contribution in [0.25, 0.3) is 0 Å². The van der Waals surface area contributed by atoms with Crippen LogP contribution in [0, 0.1) is 17.2 Å². The fraction of sp³-hybridized carbons (Fsp3) is 0.818. The van der Waals surface area contributed by atoms with Crippen molar-refractivity contribution < 1.29 is 4.79 Å². The minimum atomic E-state index is -0.154. The van der Waals surface area contributed by atoms with Crippen LogP contribution in [0.5, 0.6) is 0 Å². The molecule has 1 fully saturated rings. The minimum absolute atomic E-state index is 0.0837. The highest BCUT2D eigenvalue weighted by Gasteiger charge is 2.22. The van der Waals surface area contributed by atoms with Crippen molar-refractivity contribution in [2.24, 2.45) is 11.7 Å². The second-order valence-electron chi connectivity index (χ2n) is 4.13. The van der Waals surface area contributed by atoms with E-state index in [1.165, 1.54) is 0 Å². The van der Waals surface area contributed by atoms with Gasteiger partial charge < -0.3 is 10.6 Å². The van der Waals surface area contributed by atoms with Crippen molar-refractivity contribution in [2.75, 3.05) is 19.6 Å². The van der Waals surface area contributed by atoms with Gasteiger partial charge >= 0.3 is 0 Å². The van der Waals surface area contributed by atoms with Gasteiger partial charge in [-0.05, 0) is 45.3 Å². The van der Waals surface area contributed by atoms with Crippen LogP contribution in [0.15, 0.2) is 0 Å². The molecule has 1 heterocycles. The second kappa shape index (κ2) is 6.41. The van der Waals surface area contributed by atoms with Gasteiger partial charge in [0.2, 0.25) is 5.91 Å². The molecule has 0 aromatic heterocycles. The lowest BCUT2D eigenvalue weighted by atomic mass is 9.96. The normalized spacial score (nSPS) is 18.6. The molecular weight excluding hydrogens is 190 g/mol. The van der Waals surface area contributed by atoms with Gasteiger partial charge in [0, 0.05) is 12.3 Å². The van der Waals surface area contributed by atoms with E-state index in [1.54, 1.807) is 0 Å². The number of piperidine rings is 1. The molecule has 2 N–H and O–H groups in total. The maximum atomic E-state index is 10.9. The number of carbonyl (C=O) groups is 1. The molecule has 0 unspecified atom stereocenters. The molecule has 0 bridgehead atoms. The predicted molar refractivity (Wildman–Crippen MR) is 57.8 cm³/mol. The van der Waals surface area contributed by atoms with Crippen LogP contribution in [0.2, 0.25) is 0 Å². The Morgan fingerprint density at radius 1 is 1.40 bits per heavy atom. The highest BCUT2D eigenvalue weighted by Crippen LogP contribution is 2.16. The summed E-state index contributed by atoms with van der Waals surface area (Å²) in [6.45, 7) is 2.99. The molecular formula is C11H19N3O. The molecule has 0 saturated carbocycles. The molecule has 0 aromatic carbocycles. The summed E-state index contributed by atoms with van der Waals surface area (Å²) in [5, 5.41) is 8.38. The van der Waals surface area contributed by atoms with Gasteiger partial charge in [0.1, 0.15) is 0 Å². The first-order chi connectivity index (χ1) is 7.24. The van der Waals surface area contributed by atoms with Crippen molar-refractivity contribution in [1.29, 1.82) is 5.26 Å². The Bertz CT molecular complexity index is 239. The number of likely N-dealkylation sites (tertiary alicyclic amines) is 1. The van der Waals surface area contributed by atoms with Crippen molar-refractivity contribution in [3.05, 3.63) is 0 Å². The van der Waals surface area contributed by atoms with Gasteiger partial charge in [-0.15, -0.1) is 0 Å². The molecule has 4 nitrogen and oxygen atoms in total. The molecule has 1 amide bonds. The Hall–Kier alpha value is -1.08. The summed E-state index contributed by atoms with van der Waals surface area (Å²) in [7, 11) is 0. The number of hydrogen-bond donors (Lipinski definition) is 1. The van der Waals surface area contributed by atoms with Crippen LogP contribution < -0.4 is 5.73 Å². The van der Waals surface area contributed by atoms with E-state index in [1.807, 2.05) is 0 Å². The molecule has 1 rings (SSSR count). The summed E-state index contributed by atoms with van der Waals surface area (Å²) >= 11 is 0. The van der Waals surface area contributed by atoms with Crippen LogP contribution in [0.3, 0.4) is 0 Å². The van der Waals surface area contributed by atoms with Crippen LogP contribution in [-0.2, 0) is 4.79 Å². The van der Waals surface area contributed by atoms with E-state index in [4.69, 9.17) is 11.0 Å². The molecule has 1 aliphatic rings. The average Bonchev–Trinajstić information content (AvgIpc) is 2.25. The average molecular weight is 209 g/mol. The highest BCUT2D eigenvalue weighted by molar-refractivity contribution is 5.76. The maximum Gasteiger partial charge on any atom is 0.220 e. The Morgan fingerprint density at radius 2 is 2.07 bits per heavy atom. The number of primary amides is 1. The number of carbonyl (C=O) groups excluding carboxylic acids is 1. The smallest absolute Gasteiger partial charge is 0.220 e. The fourth-order valence-corrected chi connectivity index (χ4v) is 1.98.